The van der Waals surface area contributed by atoms with Crippen LogP contribution in [0.15, 0.2) is 53.6 Å². The van der Waals surface area contributed by atoms with Crippen molar-refractivity contribution in [2.75, 3.05) is 13.7 Å². The molecule has 0 spiro atoms. The highest BCUT2D eigenvalue weighted by molar-refractivity contribution is 6.40. The van der Waals surface area contributed by atoms with Gasteiger partial charge < -0.3 is 4.74 Å². The summed E-state index contributed by atoms with van der Waals surface area (Å²) in [4.78, 5) is 12.9. The van der Waals surface area contributed by atoms with Gasteiger partial charge in [-0.25, -0.2) is 4.39 Å². The van der Waals surface area contributed by atoms with Crippen molar-refractivity contribution in [3.8, 4) is 5.75 Å². The molecule has 0 amide bonds. The molecule has 0 radical (unpaired) electrons. The van der Waals surface area contributed by atoms with E-state index in [9.17, 15) is 9.18 Å². The summed E-state index contributed by atoms with van der Waals surface area (Å²) in [5.74, 6) is 0.574. The van der Waals surface area contributed by atoms with Crippen molar-refractivity contribution < 1.29 is 13.9 Å². The van der Waals surface area contributed by atoms with Gasteiger partial charge in [-0.15, -0.1) is 0 Å². The van der Waals surface area contributed by atoms with Crippen molar-refractivity contribution in [3.05, 3.63) is 65.5 Å². The molecule has 0 fully saturated rings. The average molecular weight is 397 g/mol. The lowest BCUT2D eigenvalue weighted by atomic mass is 9.97. The first-order valence-electron chi connectivity index (χ1n) is 10.4. The minimum Gasteiger partial charge on any atom is -0.496 e. The molecule has 0 bridgehead atoms. The molecule has 4 nitrogen and oxygen atoms in total. The van der Waals surface area contributed by atoms with Crippen LogP contribution in [0.1, 0.15) is 56.2 Å². The predicted molar refractivity (Wildman–Crippen MR) is 114 cm³/mol. The highest BCUT2D eigenvalue weighted by Crippen LogP contribution is 2.33. The third-order valence-corrected chi connectivity index (χ3v) is 5.39. The maximum Gasteiger partial charge on any atom is 0.179 e. The van der Waals surface area contributed by atoms with E-state index in [-0.39, 0.29) is 17.6 Å². The Morgan fingerprint density at radius 3 is 2.69 bits per heavy atom. The fourth-order valence-corrected chi connectivity index (χ4v) is 3.77. The average Bonchev–Trinajstić information content (AvgIpc) is 3.16. The smallest absolute Gasteiger partial charge is 0.179 e. The quantitative estimate of drug-likeness (QED) is 0.510. The number of aryl methyl sites for hydroxylation is 1. The summed E-state index contributed by atoms with van der Waals surface area (Å²) in [5, 5.41) is 6.52. The fraction of sp³-hybridized carbons (Fsp3) is 0.417. The number of carbonyl (C=O) groups excluding carboxylic acids is 1. The summed E-state index contributed by atoms with van der Waals surface area (Å²) in [5.41, 5.74) is 2.16. The second-order valence-electron chi connectivity index (χ2n) is 7.39. The molecule has 1 aliphatic heterocycles. The monoisotopic (exact) mass is 396 g/mol. The van der Waals surface area contributed by atoms with E-state index in [1.54, 1.807) is 19.2 Å². The van der Waals surface area contributed by atoms with Gasteiger partial charge >= 0.3 is 0 Å². The molecule has 3 rings (SSSR count). The molecule has 154 valence electrons. The van der Waals surface area contributed by atoms with Gasteiger partial charge in [0, 0.05) is 24.9 Å². The van der Waals surface area contributed by atoms with E-state index in [4.69, 9.17) is 4.74 Å². The number of halogens is 1. The Balaban J connectivity index is 1.71. The number of ketones is 1. The van der Waals surface area contributed by atoms with Crippen LogP contribution in [-0.4, -0.2) is 30.2 Å². The minimum atomic E-state index is -0.240. The molecule has 1 atom stereocenters. The Hall–Kier alpha value is -2.69. The first kappa shape index (κ1) is 21.0. The van der Waals surface area contributed by atoms with Crippen LogP contribution in [0.25, 0.3) is 0 Å². The van der Waals surface area contributed by atoms with E-state index >= 15 is 0 Å². The summed E-state index contributed by atoms with van der Waals surface area (Å²) in [6, 6.07) is 14.3. The van der Waals surface area contributed by atoms with E-state index < -0.39 is 0 Å². The van der Waals surface area contributed by atoms with Crippen LogP contribution in [0.5, 0.6) is 5.75 Å². The number of carbonyl (C=O) groups is 1. The topological polar surface area (TPSA) is 41.9 Å². The number of hydrazone groups is 1. The Morgan fingerprint density at radius 1 is 1.17 bits per heavy atom. The third-order valence-electron chi connectivity index (χ3n) is 5.39. The molecule has 5 heteroatoms. The van der Waals surface area contributed by atoms with Gasteiger partial charge in [-0.05, 0) is 30.5 Å². The Bertz CT molecular complexity index is 865. The molecule has 0 saturated heterocycles. The molecule has 2 aromatic rings. The van der Waals surface area contributed by atoms with Gasteiger partial charge in [0.15, 0.2) is 5.78 Å². The molecule has 2 aromatic carbocycles. The molecule has 0 aromatic heterocycles. The zero-order valence-corrected chi connectivity index (χ0v) is 17.2. The fourth-order valence-electron chi connectivity index (χ4n) is 3.77. The Morgan fingerprint density at radius 2 is 1.93 bits per heavy atom. The van der Waals surface area contributed by atoms with E-state index in [1.165, 1.54) is 6.07 Å². The Kier molecular flexibility index (Phi) is 7.39. The van der Waals surface area contributed by atoms with Gasteiger partial charge in [0.05, 0.1) is 13.2 Å². The maximum absolute atomic E-state index is 14.4. The molecule has 0 saturated carbocycles. The van der Waals surface area contributed by atoms with Crippen molar-refractivity contribution in [1.82, 2.24) is 5.01 Å². The second-order valence-corrected chi connectivity index (χ2v) is 7.39. The largest absolute Gasteiger partial charge is 0.496 e. The minimum absolute atomic E-state index is 0.0234. The van der Waals surface area contributed by atoms with Crippen molar-refractivity contribution in [3.63, 3.8) is 0 Å². The number of rotatable bonds is 10. The second kappa shape index (κ2) is 10.2. The molecule has 1 heterocycles. The Labute approximate surface area is 172 Å². The van der Waals surface area contributed by atoms with Crippen LogP contribution < -0.4 is 4.74 Å². The summed E-state index contributed by atoms with van der Waals surface area (Å²) in [6.45, 7) is 2.88. The molecular weight excluding hydrogens is 367 g/mol. The summed E-state index contributed by atoms with van der Waals surface area (Å²) in [7, 11) is 1.63. The lowest BCUT2D eigenvalue weighted by Gasteiger charge is -2.24. The van der Waals surface area contributed by atoms with E-state index in [0.717, 1.165) is 37.1 Å². The molecule has 0 N–H and O–H groups in total. The number of benzene rings is 2. The first-order chi connectivity index (χ1) is 14.1. The van der Waals surface area contributed by atoms with Crippen LogP contribution >= 0.6 is 0 Å². The maximum atomic E-state index is 14.4. The normalized spacial score (nSPS) is 16.0. The molecule has 0 aliphatic carbocycles. The number of ether oxygens (including phenoxy) is 1. The number of para-hydroxylation sites is 1. The van der Waals surface area contributed by atoms with Crippen molar-refractivity contribution in [2.45, 2.75) is 51.5 Å². The van der Waals surface area contributed by atoms with Gasteiger partial charge in [-0.2, -0.15) is 5.10 Å². The van der Waals surface area contributed by atoms with Gasteiger partial charge in [-0.3, -0.25) is 9.80 Å². The number of hydrogen-bond donors (Lipinski definition) is 0. The van der Waals surface area contributed by atoms with Gasteiger partial charge in [0.1, 0.15) is 17.3 Å². The van der Waals surface area contributed by atoms with Crippen LogP contribution in [0, 0.1) is 5.82 Å². The summed E-state index contributed by atoms with van der Waals surface area (Å²) < 4.78 is 19.8. The van der Waals surface area contributed by atoms with Gasteiger partial charge in [0.25, 0.3) is 0 Å². The van der Waals surface area contributed by atoms with Gasteiger partial charge in [-0.1, -0.05) is 56.2 Å². The number of unbranched alkanes of at least 4 members (excludes halogenated alkanes) is 2. The van der Waals surface area contributed by atoms with Crippen molar-refractivity contribution in [1.29, 1.82) is 0 Å². The number of hydrogen-bond acceptors (Lipinski definition) is 4. The number of Topliss-reactive ketones (excluding diaryl/α,β-unsaturated/α-hetero) is 1. The standard InChI is InChI=1S/C24H29FN2O2/c1-3-4-9-16-27-22(19-11-6-7-12-20(19)25)17-21(26-27)23(28)15-14-18-10-5-8-13-24(18)29-2/h5-8,10-13,22H,3-4,9,14-17H2,1-2H3. The van der Waals surface area contributed by atoms with Crippen LogP contribution in [0.2, 0.25) is 0 Å². The lowest BCUT2D eigenvalue weighted by molar-refractivity contribution is -0.113. The van der Waals surface area contributed by atoms with Crippen LogP contribution in [0.4, 0.5) is 4.39 Å². The number of methoxy groups -OCH3 is 1. The zero-order chi connectivity index (χ0) is 20.6. The first-order valence-corrected chi connectivity index (χ1v) is 10.4. The van der Waals surface area contributed by atoms with Crippen molar-refractivity contribution in [2.24, 2.45) is 5.10 Å². The van der Waals surface area contributed by atoms with Crippen LogP contribution in [-0.2, 0) is 11.2 Å². The van der Waals surface area contributed by atoms with Gasteiger partial charge in [0.2, 0.25) is 0 Å². The van der Waals surface area contributed by atoms with E-state index in [1.807, 2.05) is 35.3 Å². The zero-order valence-electron chi connectivity index (χ0n) is 17.2. The predicted octanol–water partition coefficient (Wildman–Crippen LogP) is 5.33. The highest BCUT2D eigenvalue weighted by Gasteiger charge is 2.32. The molecule has 29 heavy (non-hydrogen) atoms. The van der Waals surface area contributed by atoms with E-state index in [2.05, 4.69) is 12.0 Å². The molecule has 1 unspecified atom stereocenters. The van der Waals surface area contributed by atoms with E-state index in [0.29, 0.717) is 30.5 Å². The summed E-state index contributed by atoms with van der Waals surface area (Å²) >= 11 is 0. The molecule has 1 aliphatic rings. The summed E-state index contributed by atoms with van der Waals surface area (Å²) in [6.07, 6.45) is 4.60. The van der Waals surface area contributed by atoms with Crippen LogP contribution in [0.3, 0.4) is 0 Å². The SMILES string of the molecule is CCCCCN1N=C(C(=O)CCc2ccccc2OC)CC1c1ccccc1F. The third kappa shape index (κ3) is 5.22. The van der Waals surface area contributed by atoms with Crippen molar-refractivity contribution >= 4 is 11.5 Å². The lowest BCUT2D eigenvalue weighted by Crippen LogP contribution is -2.21. The molecular formula is C24H29FN2O2. The number of nitrogens with zero attached hydrogens (tertiary/aromatic N) is 2. The highest BCUT2D eigenvalue weighted by atomic mass is 19.1.